The molecule has 1 aliphatic rings. The topological polar surface area (TPSA) is 15.3 Å². The molecule has 1 heterocycles. The first kappa shape index (κ1) is 12.8. The average Bonchev–Trinajstić information content (AvgIpc) is 2.84. The molecule has 2 nitrogen and oxygen atoms in total. The van der Waals surface area contributed by atoms with Crippen molar-refractivity contribution in [3.8, 4) is 0 Å². The molecule has 1 aliphatic heterocycles. The van der Waals surface area contributed by atoms with Crippen LogP contribution in [-0.4, -0.2) is 31.6 Å². The van der Waals surface area contributed by atoms with Gasteiger partial charge in [-0.1, -0.05) is 6.07 Å². The Morgan fingerprint density at radius 2 is 2.29 bits per heavy atom. The summed E-state index contributed by atoms with van der Waals surface area (Å²) in [5.74, 6) is 2.58. The molecule has 1 fully saturated rings. The van der Waals surface area contributed by atoms with Gasteiger partial charge in [-0.2, -0.15) is 11.8 Å². The molecule has 1 aromatic carbocycles. The maximum atomic E-state index is 3.21. The van der Waals surface area contributed by atoms with E-state index in [1.54, 1.807) is 0 Å². The number of hydrogen-bond acceptors (Lipinski definition) is 3. The molecule has 0 radical (unpaired) electrons. The van der Waals surface area contributed by atoms with Crippen LogP contribution in [0.3, 0.4) is 0 Å². The van der Waals surface area contributed by atoms with Crippen LogP contribution < -0.4 is 10.2 Å². The molecule has 0 bridgehead atoms. The summed E-state index contributed by atoms with van der Waals surface area (Å²) in [4.78, 5) is 2.44. The molecule has 1 atom stereocenters. The molecule has 0 saturated carbocycles. The minimum atomic E-state index is 0.717. The van der Waals surface area contributed by atoms with E-state index >= 15 is 0 Å². The van der Waals surface area contributed by atoms with Crippen LogP contribution in [0.15, 0.2) is 18.2 Å². The van der Waals surface area contributed by atoms with Crippen LogP contribution in [-0.2, 0) is 6.54 Å². The molecule has 2 rings (SSSR count). The van der Waals surface area contributed by atoms with Crippen molar-refractivity contribution in [2.75, 3.05) is 30.5 Å². The zero-order valence-corrected chi connectivity index (χ0v) is 11.8. The summed E-state index contributed by atoms with van der Waals surface area (Å²) in [5.41, 5.74) is 4.13. The third-order valence-corrected chi connectivity index (χ3v) is 4.70. The summed E-state index contributed by atoms with van der Waals surface area (Å²) in [6.45, 7) is 3.16. The Morgan fingerprint density at radius 1 is 1.47 bits per heavy atom. The molecule has 94 valence electrons. The molecule has 0 aromatic heterocycles. The van der Waals surface area contributed by atoms with Crippen molar-refractivity contribution in [1.29, 1.82) is 0 Å². The first-order chi connectivity index (χ1) is 8.22. The Morgan fingerprint density at radius 3 is 2.88 bits per heavy atom. The van der Waals surface area contributed by atoms with E-state index in [0.717, 1.165) is 12.6 Å². The van der Waals surface area contributed by atoms with Gasteiger partial charge in [0, 0.05) is 31.1 Å². The normalized spacial score (nSPS) is 19.6. The molecule has 0 amide bonds. The van der Waals surface area contributed by atoms with Crippen molar-refractivity contribution in [3.05, 3.63) is 29.3 Å². The predicted octanol–water partition coefficient (Wildman–Crippen LogP) is 2.66. The summed E-state index contributed by atoms with van der Waals surface area (Å²) < 4.78 is 0. The Kier molecular flexibility index (Phi) is 4.35. The molecular weight excluding hydrogens is 228 g/mol. The minimum absolute atomic E-state index is 0.717. The highest BCUT2D eigenvalue weighted by atomic mass is 32.2. The molecule has 0 spiro atoms. The molecule has 1 aromatic rings. The summed E-state index contributed by atoms with van der Waals surface area (Å²) >= 11 is 2.07. The van der Waals surface area contributed by atoms with Crippen molar-refractivity contribution in [2.24, 2.45) is 0 Å². The number of nitrogens with zero attached hydrogens (tertiary/aromatic N) is 1. The van der Waals surface area contributed by atoms with Crippen LogP contribution in [0.2, 0.25) is 0 Å². The van der Waals surface area contributed by atoms with Gasteiger partial charge in [-0.15, -0.1) is 0 Å². The molecule has 3 heteroatoms. The highest BCUT2D eigenvalue weighted by Crippen LogP contribution is 2.27. The molecular formula is C14H22N2S. The van der Waals surface area contributed by atoms with Crippen LogP contribution in [0, 0.1) is 6.92 Å². The van der Waals surface area contributed by atoms with E-state index in [2.05, 4.69) is 54.1 Å². The lowest BCUT2D eigenvalue weighted by molar-refractivity contribution is 0.699. The van der Waals surface area contributed by atoms with E-state index in [1.165, 1.54) is 34.7 Å². The number of thioether (sulfide) groups is 1. The number of hydrogen-bond donors (Lipinski definition) is 1. The first-order valence-electron chi connectivity index (χ1n) is 6.27. The number of rotatable bonds is 4. The number of anilines is 1. The lowest BCUT2D eigenvalue weighted by atomic mass is 10.1. The lowest BCUT2D eigenvalue weighted by Crippen LogP contribution is -2.31. The second-order valence-electron chi connectivity index (χ2n) is 4.77. The van der Waals surface area contributed by atoms with E-state index in [4.69, 9.17) is 0 Å². The maximum absolute atomic E-state index is 3.21. The number of benzene rings is 1. The Hall–Kier alpha value is -0.670. The third-order valence-electron chi connectivity index (χ3n) is 3.55. The lowest BCUT2D eigenvalue weighted by Gasteiger charge is -2.26. The smallest absolute Gasteiger partial charge is 0.0385 e. The van der Waals surface area contributed by atoms with E-state index in [-0.39, 0.29) is 0 Å². The predicted molar refractivity (Wildman–Crippen MR) is 78.1 cm³/mol. The Labute approximate surface area is 109 Å². The van der Waals surface area contributed by atoms with Crippen LogP contribution in [0.1, 0.15) is 17.5 Å². The fourth-order valence-corrected chi connectivity index (χ4v) is 3.59. The van der Waals surface area contributed by atoms with Gasteiger partial charge in [0.2, 0.25) is 0 Å². The van der Waals surface area contributed by atoms with Gasteiger partial charge in [0.25, 0.3) is 0 Å². The monoisotopic (exact) mass is 250 g/mol. The maximum Gasteiger partial charge on any atom is 0.0385 e. The van der Waals surface area contributed by atoms with Crippen molar-refractivity contribution in [2.45, 2.75) is 25.9 Å². The third kappa shape index (κ3) is 2.96. The second-order valence-corrected chi connectivity index (χ2v) is 5.92. The molecule has 0 aliphatic carbocycles. The van der Waals surface area contributed by atoms with Gasteiger partial charge < -0.3 is 10.2 Å². The van der Waals surface area contributed by atoms with Gasteiger partial charge in [0.05, 0.1) is 0 Å². The van der Waals surface area contributed by atoms with Crippen LogP contribution in [0.4, 0.5) is 5.69 Å². The van der Waals surface area contributed by atoms with Gasteiger partial charge in [-0.3, -0.25) is 0 Å². The zero-order chi connectivity index (χ0) is 12.3. The fourth-order valence-electron chi connectivity index (χ4n) is 2.33. The number of nitrogens with one attached hydrogen (secondary N) is 1. The SMILES string of the molecule is CNCc1ccc(N(C)C2CCSC2)cc1C. The summed E-state index contributed by atoms with van der Waals surface area (Å²) in [5, 5.41) is 3.21. The van der Waals surface area contributed by atoms with Crippen LogP contribution in [0.5, 0.6) is 0 Å². The van der Waals surface area contributed by atoms with Crippen molar-refractivity contribution in [3.63, 3.8) is 0 Å². The highest BCUT2D eigenvalue weighted by Gasteiger charge is 2.20. The standard InChI is InChI=1S/C14H22N2S/c1-11-8-13(5-4-12(11)9-15-2)16(3)14-6-7-17-10-14/h4-5,8,14-15H,6-7,9-10H2,1-3H3. The largest absolute Gasteiger partial charge is 0.371 e. The minimum Gasteiger partial charge on any atom is -0.371 e. The van der Waals surface area contributed by atoms with E-state index in [9.17, 15) is 0 Å². The number of aryl methyl sites for hydroxylation is 1. The van der Waals surface area contributed by atoms with Crippen molar-refractivity contribution >= 4 is 17.4 Å². The summed E-state index contributed by atoms with van der Waals surface area (Å²) in [7, 11) is 4.22. The first-order valence-corrected chi connectivity index (χ1v) is 7.42. The van der Waals surface area contributed by atoms with Gasteiger partial charge >= 0.3 is 0 Å². The molecule has 1 N–H and O–H groups in total. The second kappa shape index (κ2) is 5.78. The molecule has 17 heavy (non-hydrogen) atoms. The van der Waals surface area contributed by atoms with Gasteiger partial charge in [0.15, 0.2) is 0 Å². The van der Waals surface area contributed by atoms with E-state index in [1.807, 2.05) is 7.05 Å². The van der Waals surface area contributed by atoms with Crippen molar-refractivity contribution < 1.29 is 0 Å². The van der Waals surface area contributed by atoms with E-state index in [0.29, 0.717) is 0 Å². The molecule has 1 unspecified atom stereocenters. The van der Waals surface area contributed by atoms with Gasteiger partial charge in [-0.25, -0.2) is 0 Å². The fraction of sp³-hybridized carbons (Fsp3) is 0.571. The summed E-state index contributed by atoms with van der Waals surface area (Å²) in [6.07, 6.45) is 1.32. The Balaban J connectivity index is 2.12. The van der Waals surface area contributed by atoms with Crippen molar-refractivity contribution in [1.82, 2.24) is 5.32 Å². The van der Waals surface area contributed by atoms with Gasteiger partial charge in [0.1, 0.15) is 0 Å². The summed E-state index contributed by atoms with van der Waals surface area (Å²) in [6, 6.07) is 7.53. The molecule has 1 saturated heterocycles. The Bertz CT molecular complexity index is 372. The zero-order valence-electron chi connectivity index (χ0n) is 11.0. The van der Waals surface area contributed by atoms with E-state index < -0.39 is 0 Å². The van der Waals surface area contributed by atoms with Crippen LogP contribution in [0.25, 0.3) is 0 Å². The van der Waals surface area contributed by atoms with Gasteiger partial charge in [-0.05, 0) is 49.4 Å². The highest BCUT2D eigenvalue weighted by molar-refractivity contribution is 7.99. The average molecular weight is 250 g/mol. The quantitative estimate of drug-likeness (QED) is 0.884. The van der Waals surface area contributed by atoms with Crippen LogP contribution >= 0.6 is 11.8 Å².